The van der Waals surface area contributed by atoms with Crippen LogP contribution in [-0.2, 0) is 6.18 Å². The van der Waals surface area contributed by atoms with Crippen molar-refractivity contribution in [1.29, 1.82) is 0 Å². The van der Waals surface area contributed by atoms with E-state index < -0.39 is 17.6 Å². The molecule has 20 heavy (non-hydrogen) atoms. The van der Waals surface area contributed by atoms with Crippen molar-refractivity contribution in [1.82, 2.24) is 5.32 Å². The molecule has 1 fully saturated rings. The van der Waals surface area contributed by atoms with E-state index in [-0.39, 0.29) is 6.04 Å². The number of rotatable bonds is 6. The van der Waals surface area contributed by atoms with E-state index in [0.29, 0.717) is 12.1 Å². The van der Waals surface area contributed by atoms with Gasteiger partial charge in [-0.2, -0.15) is 13.2 Å². The molecule has 1 saturated carbocycles. The summed E-state index contributed by atoms with van der Waals surface area (Å²) >= 11 is 0. The fourth-order valence-corrected chi connectivity index (χ4v) is 2.42. The Labute approximate surface area is 116 Å². The molecule has 1 aliphatic rings. The summed E-state index contributed by atoms with van der Waals surface area (Å²) < 4.78 is 51.5. The van der Waals surface area contributed by atoms with Crippen LogP contribution in [0.1, 0.15) is 49.8 Å². The molecular weight excluding hydrogens is 270 g/mol. The molecule has 0 aromatic heterocycles. The van der Waals surface area contributed by atoms with Crippen LogP contribution in [-0.4, -0.2) is 6.54 Å². The molecule has 1 aromatic carbocycles. The first-order chi connectivity index (χ1) is 9.41. The normalized spacial score (nSPS) is 17.2. The van der Waals surface area contributed by atoms with Gasteiger partial charge in [0.25, 0.3) is 0 Å². The summed E-state index contributed by atoms with van der Waals surface area (Å²) in [5.74, 6) is -0.489. The molecule has 1 aliphatic carbocycles. The molecule has 0 amide bonds. The summed E-state index contributed by atoms with van der Waals surface area (Å²) in [6.45, 7) is 2.59. The van der Waals surface area contributed by atoms with E-state index in [4.69, 9.17) is 0 Å². The number of hydrogen-bond donors (Lipinski definition) is 1. The second-order valence-electron chi connectivity index (χ2n) is 5.37. The van der Waals surface area contributed by atoms with Gasteiger partial charge in [-0.15, -0.1) is 0 Å². The lowest BCUT2D eigenvalue weighted by Crippen LogP contribution is -2.22. The molecule has 0 bridgehead atoms. The molecule has 0 heterocycles. The third kappa shape index (κ3) is 3.95. The highest BCUT2D eigenvalue weighted by Crippen LogP contribution is 2.37. The Hall–Kier alpha value is -1.10. The Bertz CT molecular complexity index is 452. The zero-order valence-corrected chi connectivity index (χ0v) is 11.4. The van der Waals surface area contributed by atoms with Crippen molar-refractivity contribution in [2.75, 3.05) is 6.54 Å². The van der Waals surface area contributed by atoms with Crippen LogP contribution < -0.4 is 5.32 Å². The molecule has 1 atom stereocenters. The third-order valence-corrected chi connectivity index (χ3v) is 3.71. The molecule has 1 N–H and O–H groups in total. The van der Waals surface area contributed by atoms with Gasteiger partial charge >= 0.3 is 6.18 Å². The van der Waals surface area contributed by atoms with Crippen LogP contribution in [0.2, 0.25) is 0 Å². The topological polar surface area (TPSA) is 12.0 Å². The highest BCUT2D eigenvalue weighted by molar-refractivity contribution is 5.29. The van der Waals surface area contributed by atoms with Gasteiger partial charge in [0.05, 0.1) is 5.56 Å². The molecule has 1 unspecified atom stereocenters. The Morgan fingerprint density at radius 2 is 2.00 bits per heavy atom. The molecular formula is C15H19F4N. The minimum absolute atomic E-state index is 0.137. The standard InChI is InChI=1S/C15H19F4N/c1-2-20-14(8-5-10-3-4-10)11-6-7-13(16)12(9-11)15(17,18)19/h6-7,9-10,14,20H,2-5,8H2,1H3. The zero-order valence-electron chi connectivity index (χ0n) is 11.4. The summed E-state index contributed by atoms with van der Waals surface area (Å²) in [5.41, 5.74) is -0.662. The van der Waals surface area contributed by atoms with Gasteiger partial charge in [-0.3, -0.25) is 0 Å². The maximum atomic E-state index is 13.3. The van der Waals surface area contributed by atoms with E-state index in [2.05, 4.69) is 5.32 Å². The molecule has 1 nitrogen and oxygen atoms in total. The lowest BCUT2D eigenvalue weighted by atomic mass is 9.98. The summed E-state index contributed by atoms with van der Waals surface area (Å²) in [6.07, 6.45) is -0.405. The van der Waals surface area contributed by atoms with E-state index >= 15 is 0 Å². The average molecular weight is 289 g/mol. The van der Waals surface area contributed by atoms with E-state index in [1.54, 1.807) is 0 Å². The van der Waals surface area contributed by atoms with Gasteiger partial charge in [-0.1, -0.05) is 25.8 Å². The first-order valence-electron chi connectivity index (χ1n) is 7.01. The van der Waals surface area contributed by atoms with E-state index in [9.17, 15) is 17.6 Å². The Kier molecular flexibility index (Phi) is 4.68. The van der Waals surface area contributed by atoms with Crippen molar-refractivity contribution >= 4 is 0 Å². The summed E-state index contributed by atoms with van der Waals surface area (Å²) in [7, 11) is 0. The largest absolute Gasteiger partial charge is 0.419 e. The fourth-order valence-electron chi connectivity index (χ4n) is 2.42. The number of hydrogen-bond acceptors (Lipinski definition) is 1. The average Bonchev–Trinajstić information content (AvgIpc) is 3.18. The molecule has 0 spiro atoms. The van der Waals surface area contributed by atoms with Crippen LogP contribution in [0.3, 0.4) is 0 Å². The number of alkyl halides is 3. The summed E-state index contributed by atoms with van der Waals surface area (Å²) in [5, 5.41) is 3.19. The zero-order chi connectivity index (χ0) is 14.8. The Morgan fingerprint density at radius 3 is 2.55 bits per heavy atom. The molecule has 112 valence electrons. The SMILES string of the molecule is CCNC(CCC1CC1)c1ccc(F)c(C(F)(F)F)c1. The molecule has 1 aromatic rings. The van der Waals surface area contributed by atoms with Crippen molar-refractivity contribution in [2.45, 2.75) is 44.8 Å². The highest BCUT2D eigenvalue weighted by Gasteiger charge is 2.34. The van der Waals surface area contributed by atoms with Gasteiger partial charge in [0, 0.05) is 6.04 Å². The van der Waals surface area contributed by atoms with Gasteiger partial charge in [0.1, 0.15) is 5.82 Å². The predicted octanol–water partition coefficient (Wildman–Crippen LogP) is 4.69. The number of halogens is 4. The van der Waals surface area contributed by atoms with Crippen LogP contribution in [0.5, 0.6) is 0 Å². The van der Waals surface area contributed by atoms with Gasteiger partial charge < -0.3 is 5.32 Å². The lowest BCUT2D eigenvalue weighted by molar-refractivity contribution is -0.140. The molecule has 2 rings (SSSR count). The van der Waals surface area contributed by atoms with E-state index in [0.717, 1.165) is 30.9 Å². The third-order valence-electron chi connectivity index (χ3n) is 3.71. The van der Waals surface area contributed by atoms with Gasteiger partial charge in [0.15, 0.2) is 0 Å². The van der Waals surface area contributed by atoms with Crippen LogP contribution in [0.15, 0.2) is 18.2 Å². The van der Waals surface area contributed by atoms with Crippen LogP contribution in [0.4, 0.5) is 17.6 Å². The number of nitrogens with one attached hydrogen (secondary N) is 1. The Balaban J connectivity index is 2.18. The van der Waals surface area contributed by atoms with Gasteiger partial charge in [0.2, 0.25) is 0 Å². The predicted molar refractivity (Wildman–Crippen MR) is 69.8 cm³/mol. The molecule has 0 radical (unpaired) electrons. The first-order valence-corrected chi connectivity index (χ1v) is 7.01. The molecule has 5 heteroatoms. The minimum atomic E-state index is -4.65. The van der Waals surface area contributed by atoms with Gasteiger partial charge in [-0.05, 0) is 43.0 Å². The number of benzene rings is 1. The van der Waals surface area contributed by atoms with Gasteiger partial charge in [-0.25, -0.2) is 4.39 Å². The van der Waals surface area contributed by atoms with Crippen LogP contribution in [0, 0.1) is 11.7 Å². The monoisotopic (exact) mass is 289 g/mol. The first kappa shape index (κ1) is 15.3. The van der Waals surface area contributed by atoms with Crippen molar-refractivity contribution < 1.29 is 17.6 Å². The van der Waals surface area contributed by atoms with Crippen LogP contribution in [0.25, 0.3) is 0 Å². The quantitative estimate of drug-likeness (QED) is 0.749. The van der Waals surface area contributed by atoms with Crippen molar-refractivity contribution in [2.24, 2.45) is 5.92 Å². The smallest absolute Gasteiger partial charge is 0.310 e. The summed E-state index contributed by atoms with van der Waals surface area (Å²) in [4.78, 5) is 0. The van der Waals surface area contributed by atoms with Crippen molar-refractivity contribution in [3.05, 3.63) is 35.1 Å². The van der Waals surface area contributed by atoms with Crippen LogP contribution >= 0.6 is 0 Å². The van der Waals surface area contributed by atoms with Crippen molar-refractivity contribution in [3.63, 3.8) is 0 Å². The second kappa shape index (κ2) is 6.12. The maximum absolute atomic E-state index is 13.3. The fraction of sp³-hybridized carbons (Fsp3) is 0.600. The highest BCUT2D eigenvalue weighted by atomic mass is 19.4. The van der Waals surface area contributed by atoms with Crippen molar-refractivity contribution in [3.8, 4) is 0 Å². The lowest BCUT2D eigenvalue weighted by Gasteiger charge is -2.20. The second-order valence-corrected chi connectivity index (χ2v) is 5.37. The molecule has 0 aliphatic heterocycles. The van der Waals surface area contributed by atoms with E-state index in [1.165, 1.54) is 18.9 Å². The Morgan fingerprint density at radius 1 is 1.30 bits per heavy atom. The molecule has 0 saturated heterocycles. The minimum Gasteiger partial charge on any atom is -0.310 e. The van der Waals surface area contributed by atoms with E-state index in [1.807, 2.05) is 6.92 Å². The maximum Gasteiger partial charge on any atom is 0.419 e. The summed E-state index contributed by atoms with van der Waals surface area (Å²) in [6, 6.07) is 3.17.